The summed E-state index contributed by atoms with van der Waals surface area (Å²) in [4.78, 5) is 39.5. The van der Waals surface area contributed by atoms with Gasteiger partial charge in [0.05, 0.1) is 56.9 Å². The number of ether oxygens (including phenoxy) is 4. The summed E-state index contributed by atoms with van der Waals surface area (Å²) < 4.78 is 20.3. The molecule has 0 saturated carbocycles. The van der Waals surface area contributed by atoms with Crippen LogP contribution in [-0.2, 0) is 18.9 Å². The van der Waals surface area contributed by atoms with Crippen LogP contribution in [0.25, 0.3) is 11.1 Å². The number of hydrogen-bond acceptors (Lipinski definition) is 8. The lowest BCUT2D eigenvalue weighted by molar-refractivity contribution is 0.0587. The Morgan fingerprint density at radius 1 is 0.839 bits per heavy atom. The number of carbonyl (C=O) groups excluding carboxylic acids is 3. The van der Waals surface area contributed by atoms with E-state index in [0.29, 0.717) is 54.2 Å². The van der Waals surface area contributed by atoms with E-state index in [4.69, 9.17) is 18.9 Å². The normalized spacial score (nSPS) is 13.5. The number of rotatable bonds is 5. The Morgan fingerprint density at radius 2 is 1.39 bits per heavy atom. The summed E-state index contributed by atoms with van der Waals surface area (Å²) in [5.41, 5.74) is 3.18. The van der Waals surface area contributed by atoms with E-state index in [-0.39, 0.29) is 11.1 Å². The molecule has 2 aromatic carbocycles. The van der Waals surface area contributed by atoms with Gasteiger partial charge in [-0.25, -0.2) is 14.4 Å². The monoisotopic (exact) mass is 427 g/mol. The summed E-state index contributed by atoms with van der Waals surface area (Å²) in [6.07, 6.45) is 0. The van der Waals surface area contributed by atoms with Crippen molar-refractivity contribution in [3.63, 3.8) is 0 Å². The predicted octanol–water partition coefficient (Wildman–Crippen LogP) is 2.86. The molecule has 1 fully saturated rings. The minimum absolute atomic E-state index is 0.265. The molecule has 0 atom stereocenters. The van der Waals surface area contributed by atoms with Crippen LogP contribution in [0.2, 0.25) is 0 Å². The molecule has 0 spiro atoms. The Kier molecular flexibility index (Phi) is 6.91. The van der Waals surface area contributed by atoms with Crippen LogP contribution in [0, 0.1) is 6.92 Å². The van der Waals surface area contributed by atoms with Gasteiger partial charge in [0, 0.05) is 18.7 Å². The topological polar surface area (TPSA) is 91.4 Å². The van der Waals surface area contributed by atoms with Crippen molar-refractivity contribution in [2.75, 3.05) is 52.5 Å². The largest absolute Gasteiger partial charge is 0.465 e. The van der Waals surface area contributed by atoms with Crippen molar-refractivity contribution < 1.29 is 33.3 Å². The molecule has 2 aromatic rings. The van der Waals surface area contributed by atoms with Crippen LogP contribution in [-0.4, -0.2) is 65.5 Å². The molecule has 8 nitrogen and oxygen atoms in total. The quantitative estimate of drug-likeness (QED) is 0.531. The van der Waals surface area contributed by atoms with E-state index in [9.17, 15) is 14.4 Å². The Hall–Kier alpha value is -3.39. The fraction of sp³-hybridized carbons (Fsp3) is 0.348. The molecule has 8 heteroatoms. The van der Waals surface area contributed by atoms with E-state index in [2.05, 4.69) is 0 Å². The van der Waals surface area contributed by atoms with E-state index in [1.807, 2.05) is 4.90 Å². The Morgan fingerprint density at radius 3 is 1.94 bits per heavy atom. The second-order valence-corrected chi connectivity index (χ2v) is 6.99. The van der Waals surface area contributed by atoms with Gasteiger partial charge in [0.25, 0.3) is 0 Å². The van der Waals surface area contributed by atoms with Gasteiger partial charge in [0.15, 0.2) is 0 Å². The molecular weight excluding hydrogens is 402 g/mol. The molecule has 0 bridgehead atoms. The molecule has 1 aliphatic heterocycles. The fourth-order valence-corrected chi connectivity index (χ4v) is 3.71. The number of esters is 3. The van der Waals surface area contributed by atoms with Gasteiger partial charge in [-0.15, -0.1) is 0 Å². The third kappa shape index (κ3) is 4.39. The zero-order chi connectivity index (χ0) is 22.5. The van der Waals surface area contributed by atoms with Gasteiger partial charge in [-0.05, 0) is 36.2 Å². The van der Waals surface area contributed by atoms with Gasteiger partial charge < -0.3 is 23.8 Å². The zero-order valence-electron chi connectivity index (χ0n) is 18.0. The van der Waals surface area contributed by atoms with Crippen LogP contribution in [0.3, 0.4) is 0 Å². The second kappa shape index (κ2) is 9.61. The van der Waals surface area contributed by atoms with Crippen molar-refractivity contribution >= 4 is 23.6 Å². The van der Waals surface area contributed by atoms with E-state index < -0.39 is 17.9 Å². The van der Waals surface area contributed by atoms with Crippen molar-refractivity contribution in [1.29, 1.82) is 0 Å². The maximum absolute atomic E-state index is 13.0. The average molecular weight is 427 g/mol. The van der Waals surface area contributed by atoms with Crippen LogP contribution in [0.5, 0.6) is 0 Å². The molecule has 1 heterocycles. The van der Waals surface area contributed by atoms with E-state index in [1.54, 1.807) is 37.3 Å². The van der Waals surface area contributed by atoms with Crippen LogP contribution in [0.4, 0.5) is 5.69 Å². The molecular formula is C23H25NO7. The lowest BCUT2D eigenvalue weighted by Gasteiger charge is -2.32. The molecule has 31 heavy (non-hydrogen) atoms. The summed E-state index contributed by atoms with van der Waals surface area (Å²) in [6, 6.07) is 8.31. The van der Waals surface area contributed by atoms with Crippen LogP contribution in [0.15, 0.2) is 30.3 Å². The summed E-state index contributed by atoms with van der Waals surface area (Å²) in [5.74, 6) is -1.62. The van der Waals surface area contributed by atoms with Crippen molar-refractivity contribution in [3.8, 4) is 11.1 Å². The van der Waals surface area contributed by atoms with Gasteiger partial charge in [0.2, 0.25) is 0 Å². The third-order valence-corrected chi connectivity index (χ3v) is 5.23. The summed E-state index contributed by atoms with van der Waals surface area (Å²) >= 11 is 0. The minimum Gasteiger partial charge on any atom is -0.465 e. The molecule has 3 rings (SSSR count). The number of carbonyl (C=O) groups is 3. The van der Waals surface area contributed by atoms with Gasteiger partial charge in [-0.1, -0.05) is 12.1 Å². The van der Waals surface area contributed by atoms with E-state index in [0.717, 1.165) is 0 Å². The summed E-state index contributed by atoms with van der Waals surface area (Å²) in [6.45, 7) is 4.05. The zero-order valence-corrected chi connectivity index (χ0v) is 18.0. The number of benzene rings is 2. The molecule has 1 aliphatic rings. The van der Waals surface area contributed by atoms with Crippen LogP contribution >= 0.6 is 0 Å². The van der Waals surface area contributed by atoms with Crippen molar-refractivity contribution in [3.05, 3.63) is 52.6 Å². The first-order valence-corrected chi connectivity index (χ1v) is 9.78. The number of anilines is 1. The highest BCUT2D eigenvalue weighted by molar-refractivity contribution is 6.10. The number of morpholine rings is 1. The second-order valence-electron chi connectivity index (χ2n) is 6.99. The number of aryl methyl sites for hydroxylation is 1. The van der Waals surface area contributed by atoms with Gasteiger partial charge in [-0.3, -0.25) is 0 Å². The highest BCUT2D eigenvalue weighted by atomic mass is 16.5. The van der Waals surface area contributed by atoms with Crippen molar-refractivity contribution in [2.24, 2.45) is 0 Å². The third-order valence-electron chi connectivity index (χ3n) is 5.23. The van der Waals surface area contributed by atoms with Crippen molar-refractivity contribution in [2.45, 2.75) is 6.92 Å². The van der Waals surface area contributed by atoms with E-state index >= 15 is 0 Å². The smallest absolute Gasteiger partial charge is 0.340 e. The Balaban J connectivity index is 2.31. The van der Waals surface area contributed by atoms with E-state index in [1.165, 1.54) is 21.3 Å². The molecule has 164 valence electrons. The average Bonchev–Trinajstić information content (AvgIpc) is 2.82. The standard InChI is InChI=1S/C23H25NO7/c1-14-13-17(24-9-11-31-12-10-24)20(23(27)30-4)19(18(14)22(26)29-3)15-5-7-16(8-6-15)21(25)28-2/h5-8,13H,9-12H2,1-4H3. The highest BCUT2D eigenvalue weighted by Gasteiger charge is 2.30. The first-order valence-electron chi connectivity index (χ1n) is 9.78. The van der Waals surface area contributed by atoms with Crippen LogP contribution < -0.4 is 4.90 Å². The van der Waals surface area contributed by atoms with Crippen molar-refractivity contribution in [1.82, 2.24) is 0 Å². The molecule has 0 radical (unpaired) electrons. The minimum atomic E-state index is -0.571. The first-order chi connectivity index (χ1) is 14.9. The number of methoxy groups -OCH3 is 3. The maximum Gasteiger partial charge on any atom is 0.340 e. The number of nitrogens with zero attached hydrogens (tertiary/aromatic N) is 1. The predicted molar refractivity (Wildman–Crippen MR) is 114 cm³/mol. The highest BCUT2D eigenvalue weighted by Crippen LogP contribution is 2.38. The molecule has 0 N–H and O–H groups in total. The Labute approximate surface area is 180 Å². The Bertz CT molecular complexity index is 992. The SMILES string of the molecule is COC(=O)c1ccc(-c2c(C(=O)OC)c(C)cc(N3CCOCC3)c2C(=O)OC)cc1. The molecule has 0 unspecified atom stereocenters. The van der Waals surface area contributed by atoms with Gasteiger partial charge >= 0.3 is 17.9 Å². The lowest BCUT2D eigenvalue weighted by Crippen LogP contribution is -2.37. The van der Waals surface area contributed by atoms with Gasteiger partial charge in [0.1, 0.15) is 0 Å². The molecule has 0 amide bonds. The first kappa shape index (κ1) is 22.3. The molecule has 0 aromatic heterocycles. The summed E-state index contributed by atoms with van der Waals surface area (Å²) in [7, 11) is 3.89. The molecule has 0 aliphatic carbocycles. The number of hydrogen-bond donors (Lipinski definition) is 0. The van der Waals surface area contributed by atoms with Gasteiger partial charge in [-0.2, -0.15) is 0 Å². The van der Waals surface area contributed by atoms with Crippen LogP contribution in [0.1, 0.15) is 36.6 Å². The maximum atomic E-state index is 13.0. The lowest BCUT2D eigenvalue weighted by atomic mass is 9.88. The molecule has 1 saturated heterocycles. The fourth-order valence-electron chi connectivity index (χ4n) is 3.71. The summed E-state index contributed by atoms with van der Waals surface area (Å²) in [5, 5.41) is 0.